The van der Waals surface area contributed by atoms with E-state index in [1.807, 2.05) is 13.0 Å². The standard InChI is InChI=1S/C10H16N2O2S/c1-3-12-7-9-5-4-6-10(8(9)2)15(11,13)14/h4-6,12H,3,7H2,1-2H3,(H2,11,13,14). The molecule has 15 heavy (non-hydrogen) atoms. The number of sulfonamides is 1. The molecule has 0 aliphatic rings. The van der Waals surface area contributed by atoms with Crippen molar-refractivity contribution >= 4 is 10.0 Å². The molecule has 1 aromatic carbocycles. The normalized spacial score (nSPS) is 11.7. The van der Waals surface area contributed by atoms with Crippen LogP contribution in [-0.4, -0.2) is 15.0 Å². The van der Waals surface area contributed by atoms with Gasteiger partial charge in [-0.25, -0.2) is 13.6 Å². The zero-order valence-corrected chi connectivity index (χ0v) is 9.76. The van der Waals surface area contributed by atoms with Gasteiger partial charge in [0.15, 0.2) is 0 Å². The molecule has 0 radical (unpaired) electrons. The number of nitrogens with two attached hydrogens (primary N) is 1. The van der Waals surface area contributed by atoms with Crippen LogP contribution in [-0.2, 0) is 16.6 Å². The van der Waals surface area contributed by atoms with Gasteiger partial charge in [-0.05, 0) is 30.7 Å². The Morgan fingerprint density at radius 1 is 1.40 bits per heavy atom. The van der Waals surface area contributed by atoms with Crippen molar-refractivity contribution in [2.24, 2.45) is 5.14 Å². The van der Waals surface area contributed by atoms with E-state index in [-0.39, 0.29) is 4.90 Å². The number of benzene rings is 1. The molecule has 4 nitrogen and oxygen atoms in total. The summed E-state index contributed by atoms with van der Waals surface area (Å²) in [7, 11) is -3.61. The SMILES string of the molecule is CCNCc1cccc(S(N)(=O)=O)c1C. The third-order valence-electron chi connectivity index (χ3n) is 2.27. The van der Waals surface area contributed by atoms with Crippen LogP contribution in [0.3, 0.4) is 0 Å². The van der Waals surface area contributed by atoms with Gasteiger partial charge in [0, 0.05) is 6.54 Å². The molecular formula is C10H16N2O2S. The highest BCUT2D eigenvalue weighted by Crippen LogP contribution is 2.17. The third kappa shape index (κ3) is 3.02. The monoisotopic (exact) mass is 228 g/mol. The fraction of sp³-hybridized carbons (Fsp3) is 0.400. The molecule has 1 rings (SSSR count). The number of primary sulfonamides is 1. The number of hydrogen-bond donors (Lipinski definition) is 2. The van der Waals surface area contributed by atoms with Crippen molar-refractivity contribution in [1.82, 2.24) is 5.32 Å². The van der Waals surface area contributed by atoms with Crippen molar-refractivity contribution in [2.75, 3.05) is 6.54 Å². The zero-order chi connectivity index (χ0) is 11.5. The van der Waals surface area contributed by atoms with Gasteiger partial charge in [-0.2, -0.15) is 0 Å². The predicted molar refractivity (Wildman–Crippen MR) is 59.9 cm³/mol. The van der Waals surface area contributed by atoms with Crippen molar-refractivity contribution in [2.45, 2.75) is 25.3 Å². The number of nitrogens with one attached hydrogen (secondary N) is 1. The van der Waals surface area contributed by atoms with Gasteiger partial charge in [-0.1, -0.05) is 19.1 Å². The molecule has 0 unspecified atom stereocenters. The largest absolute Gasteiger partial charge is 0.313 e. The van der Waals surface area contributed by atoms with Crippen LogP contribution < -0.4 is 10.5 Å². The highest BCUT2D eigenvalue weighted by molar-refractivity contribution is 7.89. The van der Waals surface area contributed by atoms with E-state index in [2.05, 4.69) is 5.32 Å². The quantitative estimate of drug-likeness (QED) is 0.799. The van der Waals surface area contributed by atoms with Crippen LogP contribution in [0.2, 0.25) is 0 Å². The molecule has 0 aliphatic heterocycles. The lowest BCUT2D eigenvalue weighted by molar-refractivity contribution is 0.596. The Balaban J connectivity index is 3.12. The van der Waals surface area contributed by atoms with E-state index in [1.165, 1.54) is 6.07 Å². The lowest BCUT2D eigenvalue weighted by Gasteiger charge is -2.09. The Bertz CT molecular complexity index is 441. The van der Waals surface area contributed by atoms with Crippen molar-refractivity contribution in [3.05, 3.63) is 29.3 Å². The zero-order valence-electron chi connectivity index (χ0n) is 8.95. The van der Waals surface area contributed by atoms with Gasteiger partial charge in [0.25, 0.3) is 0 Å². The Labute approximate surface area is 90.5 Å². The second kappa shape index (κ2) is 4.74. The van der Waals surface area contributed by atoms with Crippen LogP contribution in [0.1, 0.15) is 18.1 Å². The minimum Gasteiger partial charge on any atom is -0.313 e. The Kier molecular flexibility index (Phi) is 3.84. The first-order chi connectivity index (χ1) is 6.96. The molecule has 0 bridgehead atoms. The first-order valence-corrected chi connectivity index (χ1v) is 6.33. The lowest BCUT2D eigenvalue weighted by atomic mass is 10.1. The number of rotatable bonds is 4. The highest BCUT2D eigenvalue weighted by atomic mass is 32.2. The van der Waals surface area contributed by atoms with Gasteiger partial charge >= 0.3 is 0 Å². The lowest BCUT2D eigenvalue weighted by Crippen LogP contribution is -2.17. The summed E-state index contributed by atoms with van der Waals surface area (Å²) < 4.78 is 22.5. The molecular weight excluding hydrogens is 212 g/mol. The molecule has 0 spiro atoms. The van der Waals surface area contributed by atoms with Crippen LogP contribution >= 0.6 is 0 Å². The molecule has 5 heteroatoms. The van der Waals surface area contributed by atoms with Crippen LogP contribution in [0.4, 0.5) is 0 Å². The molecule has 84 valence electrons. The van der Waals surface area contributed by atoms with E-state index in [9.17, 15) is 8.42 Å². The van der Waals surface area contributed by atoms with E-state index >= 15 is 0 Å². The molecule has 0 fully saturated rings. The summed E-state index contributed by atoms with van der Waals surface area (Å²) in [4.78, 5) is 0.206. The molecule has 1 aromatic rings. The minimum absolute atomic E-state index is 0.206. The van der Waals surface area contributed by atoms with Crippen molar-refractivity contribution in [3.63, 3.8) is 0 Å². The van der Waals surface area contributed by atoms with Gasteiger partial charge in [0.1, 0.15) is 0 Å². The number of hydrogen-bond acceptors (Lipinski definition) is 3. The minimum atomic E-state index is -3.61. The summed E-state index contributed by atoms with van der Waals surface area (Å²) in [5.74, 6) is 0. The molecule has 0 aliphatic carbocycles. The second-order valence-electron chi connectivity index (χ2n) is 3.37. The maximum Gasteiger partial charge on any atom is 0.238 e. The molecule has 0 heterocycles. The maximum absolute atomic E-state index is 11.2. The molecule has 0 saturated heterocycles. The van der Waals surface area contributed by atoms with Gasteiger partial charge in [-0.3, -0.25) is 0 Å². The molecule has 0 saturated carbocycles. The summed E-state index contributed by atoms with van der Waals surface area (Å²) >= 11 is 0. The smallest absolute Gasteiger partial charge is 0.238 e. The Morgan fingerprint density at radius 2 is 2.07 bits per heavy atom. The Morgan fingerprint density at radius 3 is 2.60 bits per heavy atom. The summed E-state index contributed by atoms with van der Waals surface area (Å²) in [5, 5.41) is 8.26. The first kappa shape index (κ1) is 12.2. The average molecular weight is 228 g/mol. The van der Waals surface area contributed by atoms with Crippen LogP contribution in [0.5, 0.6) is 0 Å². The molecule has 0 atom stereocenters. The second-order valence-corrected chi connectivity index (χ2v) is 4.90. The van der Waals surface area contributed by atoms with Gasteiger partial charge < -0.3 is 5.32 Å². The maximum atomic E-state index is 11.2. The van der Waals surface area contributed by atoms with Crippen molar-refractivity contribution in [1.29, 1.82) is 0 Å². The summed E-state index contributed by atoms with van der Waals surface area (Å²) in [6.45, 7) is 5.27. The average Bonchev–Trinajstić information content (AvgIpc) is 2.14. The fourth-order valence-electron chi connectivity index (χ4n) is 1.42. The van der Waals surface area contributed by atoms with Gasteiger partial charge in [0.05, 0.1) is 4.90 Å². The van der Waals surface area contributed by atoms with E-state index < -0.39 is 10.0 Å². The predicted octanol–water partition coefficient (Wildman–Crippen LogP) is 0.752. The van der Waals surface area contributed by atoms with Crippen LogP contribution in [0.25, 0.3) is 0 Å². The van der Waals surface area contributed by atoms with E-state index in [0.29, 0.717) is 6.54 Å². The van der Waals surface area contributed by atoms with Crippen molar-refractivity contribution < 1.29 is 8.42 Å². The molecule has 3 N–H and O–H groups in total. The summed E-state index contributed by atoms with van der Waals surface area (Å²) in [5.41, 5.74) is 1.68. The Hall–Kier alpha value is -0.910. The van der Waals surface area contributed by atoms with Gasteiger partial charge in [-0.15, -0.1) is 0 Å². The molecule has 0 aromatic heterocycles. The highest BCUT2D eigenvalue weighted by Gasteiger charge is 2.12. The van der Waals surface area contributed by atoms with Crippen molar-refractivity contribution in [3.8, 4) is 0 Å². The first-order valence-electron chi connectivity index (χ1n) is 4.78. The van der Waals surface area contributed by atoms with Crippen LogP contribution in [0, 0.1) is 6.92 Å². The van der Waals surface area contributed by atoms with Crippen LogP contribution in [0.15, 0.2) is 23.1 Å². The summed E-state index contributed by atoms with van der Waals surface area (Å²) in [6, 6.07) is 5.13. The van der Waals surface area contributed by atoms with E-state index in [1.54, 1.807) is 13.0 Å². The summed E-state index contributed by atoms with van der Waals surface area (Å²) in [6.07, 6.45) is 0. The van der Waals surface area contributed by atoms with E-state index in [0.717, 1.165) is 17.7 Å². The van der Waals surface area contributed by atoms with E-state index in [4.69, 9.17) is 5.14 Å². The molecule has 0 amide bonds. The topological polar surface area (TPSA) is 72.2 Å². The fourth-order valence-corrected chi connectivity index (χ4v) is 2.25. The third-order valence-corrected chi connectivity index (χ3v) is 3.32. The van der Waals surface area contributed by atoms with Gasteiger partial charge in [0.2, 0.25) is 10.0 Å².